The third-order valence-corrected chi connectivity index (χ3v) is 5.18. The first kappa shape index (κ1) is 20.6. The molecule has 1 atom stereocenters. The average Bonchev–Trinajstić information content (AvgIpc) is 3.25. The van der Waals surface area contributed by atoms with Crippen LogP contribution in [-0.2, 0) is 13.2 Å². The Labute approximate surface area is 171 Å². The van der Waals surface area contributed by atoms with E-state index in [0.29, 0.717) is 11.3 Å². The van der Waals surface area contributed by atoms with Crippen LogP contribution in [0.3, 0.4) is 0 Å². The average molecular weight is 396 g/mol. The van der Waals surface area contributed by atoms with Crippen molar-refractivity contribution in [2.45, 2.75) is 60.7 Å². The predicted octanol–water partition coefficient (Wildman–Crippen LogP) is 4.19. The van der Waals surface area contributed by atoms with E-state index in [-0.39, 0.29) is 24.2 Å². The second-order valence-electron chi connectivity index (χ2n) is 7.32. The number of nitrogens with zero attached hydrogens (tertiary/aromatic N) is 3. The summed E-state index contributed by atoms with van der Waals surface area (Å²) >= 11 is 0. The normalized spacial score (nSPS) is 12.1. The number of carbonyl (C=O) groups is 1. The van der Waals surface area contributed by atoms with Crippen LogP contribution in [0.25, 0.3) is 0 Å². The number of hydrogen-bond donors (Lipinski definition) is 1. The van der Waals surface area contributed by atoms with E-state index in [0.717, 1.165) is 29.1 Å². The molecule has 3 aromatic rings. The fourth-order valence-corrected chi connectivity index (χ4v) is 3.16. The summed E-state index contributed by atoms with van der Waals surface area (Å²) in [4.78, 5) is 12.8. The molecule has 0 fully saturated rings. The maximum absolute atomic E-state index is 12.8. The lowest BCUT2D eigenvalue weighted by Crippen LogP contribution is -2.28. The molecule has 0 aliphatic rings. The summed E-state index contributed by atoms with van der Waals surface area (Å²) in [5, 5.41) is 11.4. The molecule has 0 saturated carbocycles. The van der Waals surface area contributed by atoms with Gasteiger partial charge in [0.2, 0.25) is 0 Å². The van der Waals surface area contributed by atoms with Gasteiger partial charge in [-0.05, 0) is 64.8 Å². The second kappa shape index (κ2) is 8.51. The Morgan fingerprint density at radius 1 is 1.24 bits per heavy atom. The lowest BCUT2D eigenvalue weighted by atomic mass is 10.1. The van der Waals surface area contributed by atoms with Gasteiger partial charge in [-0.2, -0.15) is 5.10 Å². The number of amides is 1. The van der Waals surface area contributed by atoms with Crippen molar-refractivity contribution in [1.29, 1.82) is 0 Å². The molecule has 1 unspecified atom stereocenters. The van der Waals surface area contributed by atoms with Crippen molar-refractivity contribution in [2.75, 3.05) is 0 Å². The Balaban J connectivity index is 1.72. The topological polar surface area (TPSA) is 82.2 Å². The van der Waals surface area contributed by atoms with Crippen LogP contribution in [0.1, 0.15) is 64.1 Å². The molecule has 1 amide bonds. The van der Waals surface area contributed by atoms with Crippen LogP contribution in [0.2, 0.25) is 0 Å². The molecule has 0 aliphatic carbocycles. The smallest absolute Gasteiger partial charge is 0.274 e. The summed E-state index contributed by atoms with van der Waals surface area (Å²) in [5.41, 5.74) is 5.13. The fraction of sp³-hybridized carbons (Fsp3) is 0.409. The Kier molecular flexibility index (Phi) is 6.06. The summed E-state index contributed by atoms with van der Waals surface area (Å²) in [6.07, 6.45) is 1.96. The molecule has 1 N–H and O–H groups in total. The first-order valence-electron chi connectivity index (χ1n) is 9.80. The lowest BCUT2D eigenvalue weighted by Gasteiger charge is -2.13. The molecule has 0 spiro atoms. The molecular weight excluding hydrogens is 368 g/mol. The largest absolute Gasteiger partial charge is 0.489 e. The van der Waals surface area contributed by atoms with Gasteiger partial charge in [0, 0.05) is 18.3 Å². The van der Waals surface area contributed by atoms with E-state index in [1.165, 1.54) is 5.56 Å². The van der Waals surface area contributed by atoms with E-state index in [1.807, 2.05) is 56.8 Å². The number of rotatable bonds is 7. The molecule has 7 nitrogen and oxygen atoms in total. The van der Waals surface area contributed by atoms with E-state index >= 15 is 0 Å². The molecular formula is C22H28N4O3. The molecule has 7 heteroatoms. The van der Waals surface area contributed by atoms with Gasteiger partial charge in [0.25, 0.3) is 5.91 Å². The van der Waals surface area contributed by atoms with Crippen LogP contribution in [0.5, 0.6) is 5.75 Å². The highest BCUT2D eigenvalue weighted by Crippen LogP contribution is 2.22. The number of ether oxygens (including phenoxy) is 1. The standard InChI is InChI=1S/C22H28N4O3/c1-7-26-11-19(16(5)24-26)15(4)23-22(27)21-20(17(6)29-25-21)12-28-18-9-8-13(2)14(3)10-18/h8-11,15H,7,12H2,1-6H3,(H,23,27). The van der Waals surface area contributed by atoms with Gasteiger partial charge in [-0.15, -0.1) is 0 Å². The van der Waals surface area contributed by atoms with Crippen LogP contribution in [-0.4, -0.2) is 20.8 Å². The van der Waals surface area contributed by atoms with Crippen LogP contribution in [0, 0.1) is 27.7 Å². The van der Waals surface area contributed by atoms with E-state index in [9.17, 15) is 4.79 Å². The van der Waals surface area contributed by atoms with Gasteiger partial charge in [0.1, 0.15) is 18.1 Å². The van der Waals surface area contributed by atoms with E-state index in [4.69, 9.17) is 9.26 Å². The van der Waals surface area contributed by atoms with Gasteiger partial charge in [-0.25, -0.2) is 0 Å². The molecule has 0 radical (unpaired) electrons. The summed E-state index contributed by atoms with van der Waals surface area (Å²) in [5.74, 6) is 1.02. The molecule has 0 bridgehead atoms. The van der Waals surface area contributed by atoms with Crippen molar-refractivity contribution in [3.8, 4) is 5.75 Å². The third kappa shape index (κ3) is 4.50. The highest BCUT2D eigenvalue weighted by Gasteiger charge is 2.23. The van der Waals surface area contributed by atoms with Crippen molar-refractivity contribution in [1.82, 2.24) is 20.3 Å². The monoisotopic (exact) mass is 396 g/mol. The number of benzene rings is 1. The van der Waals surface area contributed by atoms with Crippen molar-refractivity contribution >= 4 is 5.91 Å². The molecule has 2 heterocycles. The molecule has 0 aliphatic heterocycles. The third-order valence-electron chi connectivity index (χ3n) is 5.18. The van der Waals surface area contributed by atoms with E-state index < -0.39 is 0 Å². The SMILES string of the molecule is CCn1cc(C(C)NC(=O)c2noc(C)c2COc2ccc(C)c(C)c2)c(C)n1. The number of aromatic nitrogens is 3. The van der Waals surface area contributed by atoms with Crippen LogP contribution in [0.15, 0.2) is 28.9 Å². The van der Waals surface area contributed by atoms with Gasteiger partial charge in [0.05, 0.1) is 17.3 Å². The number of nitrogens with one attached hydrogen (secondary N) is 1. The van der Waals surface area contributed by atoms with Crippen LogP contribution >= 0.6 is 0 Å². The van der Waals surface area contributed by atoms with Crippen LogP contribution in [0.4, 0.5) is 0 Å². The minimum Gasteiger partial charge on any atom is -0.489 e. The summed E-state index contributed by atoms with van der Waals surface area (Å²) in [6, 6.07) is 5.71. The molecule has 2 aromatic heterocycles. The van der Waals surface area contributed by atoms with Crippen molar-refractivity contribution < 1.29 is 14.1 Å². The highest BCUT2D eigenvalue weighted by atomic mass is 16.5. The Morgan fingerprint density at radius 2 is 2.00 bits per heavy atom. The number of hydrogen-bond acceptors (Lipinski definition) is 5. The van der Waals surface area contributed by atoms with Crippen molar-refractivity contribution in [3.63, 3.8) is 0 Å². The molecule has 154 valence electrons. The predicted molar refractivity (Wildman–Crippen MR) is 110 cm³/mol. The maximum atomic E-state index is 12.8. The molecule has 29 heavy (non-hydrogen) atoms. The van der Waals surface area contributed by atoms with Crippen LogP contribution < -0.4 is 10.1 Å². The lowest BCUT2D eigenvalue weighted by molar-refractivity contribution is 0.0928. The zero-order valence-electron chi connectivity index (χ0n) is 17.9. The zero-order chi connectivity index (χ0) is 21.1. The van der Waals surface area contributed by atoms with Gasteiger partial charge in [-0.3, -0.25) is 9.48 Å². The van der Waals surface area contributed by atoms with Gasteiger partial charge < -0.3 is 14.6 Å². The van der Waals surface area contributed by atoms with Gasteiger partial charge in [0.15, 0.2) is 5.69 Å². The maximum Gasteiger partial charge on any atom is 0.274 e. The highest BCUT2D eigenvalue weighted by molar-refractivity contribution is 5.94. The zero-order valence-corrected chi connectivity index (χ0v) is 17.9. The quantitative estimate of drug-likeness (QED) is 0.647. The number of carbonyl (C=O) groups excluding carboxylic acids is 1. The van der Waals surface area contributed by atoms with E-state index in [1.54, 1.807) is 6.92 Å². The van der Waals surface area contributed by atoms with Gasteiger partial charge >= 0.3 is 0 Å². The second-order valence-corrected chi connectivity index (χ2v) is 7.32. The van der Waals surface area contributed by atoms with Gasteiger partial charge in [-0.1, -0.05) is 11.2 Å². The minimum absolute atomic E-state index is 0.201. The fourth-order valence-electron chi connectivity index (χ4n) is 3.16. The molecule has 0 saturated heterocycles. The van der Waals surface area contributed by atoms with Crippen molar-refractivity contribution in [2.24, 2.45) is 0 Å². The minimum atomic E-state index is -0.295. The number of aryl methyl sites for hydroxylation is 5. The Hall–Kier alpha value is -3.09. The van der Waals surface area contributed by atoms with E-state index in [2.05, 4.69) is 22.5 Å². The summed E-state index contributed by atoms with van der Waals surface area (Å²) < 4.78 is 13.0. The first-order valence-corrected chi connectivity index (χ1v) is 9.80. The Morgan fingerprint density at radius 3 is 2.66 bits per heavy atom. The Bertz CT molecular complexity index is 1020. The first-order chi connectivity index (χ1) is 13.8. The molecule has 1 aromatic carbocycles. The van der Waals surface area contributed by atoms with Crippen molar-refractivity contribution in [3.05, 3.63) is 63.8 Å². The summed E-state index contributed by atoms with van der Waals surface area (Å²) in [7, 11) is 0. The summed E-state index contributed by atoms with van der Waals surface area (Å²) in [6.45, 7) is 12.8. The molecule has 3 rings (SSSR count).